The lowest BCUT2D eigenvalue weighted by atomic mass is 9.71. The van der Waals surface area contributed by atoms with Gasteiger partial charge in [-0.1, -0.05) is 33.6 Å². The molecule has 0 bridgehead atoms. The van der Waals surface area contributed by atoms with Crippen molar-refractivity contribution in [3.63, 3.8) is 0 Å². The summed E-state index contributed by atoms with van der Waals surface area (Å²) in [5.74, 6) is 1.26. The topological polar surface area (TPSA) is 37.3 Å². The molecule has 3 unspecified atom stereocenters. The molecule has 16 heavy (non-hydrogen) atoms. The molecule has 0 radical (unpaired) electrons. The summed E-state index contributed by atoms with van der Waals surface area (Å²) in [6.45, 7) is 6.66. The molecule has 0 aromatic heterocycles. The maximum Gasteiger partial charge on any atom is 0.306 e. The molecule has 0 spiro atoms. The number of carboxylic acids is 1. The largest absolute Gasteiger partial charge is 0.481 e. The Morgan fingerprint density at radius 3 is 2.56 bits per heavy atom. The highest BCUT2D eigenvalue weighted by molar-refractivity contribution is 5.70. The molecule has 1 aliphatic carbocycles. The van der Waals surface area contributed by atoms with Crippen LogP contribution in [0.25, 0.3) is 0 Å². The fourth-order valence-corrected chi connectivity index (χ4v) is 2.92. The van der Waals surface area contributed by atoms with E-state index in [-0.39, 0.29) is 5.92 Å². The van der Waals surface area contributed by atoms with Gasteiger partial charge in [0.25, 0.3) is 0 Å². The van der Waals surface area contributed by atoms with E-state index in [0.717, 1.165) is 31.6 Å². The molecule has 2 nitrogen and oxygen atoms in total. The maximum absolute atomic E-state index is 11.2. The number of aliphatic carboxylic acids is 1. The van der Waals surface area contributed by atoms with Crippen LogP contribution in [0.2, 0.25) is 0 Å². The molecule has 0 aromatic rings. The summed E-state index contributed by atoms with van der Waals surface area (Å²) < 4.78 is 0. The molecular weight excluding hydrogens is 200 g/mol. The molecule has 94 valence electrons. The first-order valence-electron chi connectivity index (χ1n) is 6.77. The van der Waals surface area contributed by atoms with Crippen molar-refractivity contribution in [3.05, 3.63) is 0 Å². The van der Waals surface area contributed by atoms with Crippen LogP contribution in [-0.4, -0.2) is 11.1 Å². The van der Waals surface area contributed by atoms with Crippen LogP contribution in [0.4, 0.5) is 0 Å². The average Bonchev–Trinajstić information content (AvgIpc) is 2.25. The lowest BCUT2D eigenvalue weighted by Crippen LogP contribution is -2.30. The van der Waals surface area contributed by atoms with Crippen LogP contribution in [0.15, 0.2) is 0 Å². The zero-order valence-electron chi connectivity index (χ0n) is 10.9. The number of carboxylic acid groups (broad SMARTS) is 1. The summed E-state index contributed by atoms with van der Waals surface area (Å²) >= 11 is 0. The molecule has 1 rings (SSSR count). The fourth-order valence-electron chi connectivity index (χ4n) is 2.92. The predicted octanol–water partition coefficient (Wildman–Crippen LogP) is 3.95. The van der Waals surface area contributed by atoms with Gasteiger partial charge in [-0.3, -0.25) is 4.79 Å². The van der Waals surface area contributed by atoms with Crippen molar-refractivity contribution in [2.45, 2.75) is 59.3 Å². The molecule has 1 saturated carbocycles. The Balaban J connectivity index is 2.53. The second-order valence-electron chi connectivity index (χ2n) is 5.76. The van der Waals surface area contributed by atoms with E-state index in [9.17, 15) is 9.90 Å². The van der Waals surface area contributed by atoms with Gasteiger partial charge < -0.3 is 5.11 Å². The molecule has 0 heterocycles. The van der Waals surface area contributed by atoms with Crippen molar-refractivity contribution < 1.29 is 9.90 Å². The van der Waals surface area contributed by atoms with E-state index < -0.39 is 5.97 Å². The smallest absolute Gasteiger partial charge is 0.306 e. The van der Waals surface area contributed by atoms with Gasteiger partial charge in [-0.05, 0) is 43.4 Å². The number of rotatable bonds is 5. The van der Waals surface area contributed by atoms with Crippen LogP contribution in [0, 0.1) is 23.7 Å². The van der Waals surface area contributed by atoms with Crippen molar-refractivity contribution in [2.24, 2.45) is 23.7 Å². The third kappa shape index (κ3) is 3.80. The van der Waals surface area contributed by atoms with Gasteiger partial charge in [0.05, 0.1) is 5.92 Å². The average molecular weight is 226 g/mol. The van der Waals surface area contributed by atoms with Crippen LogP contribution >= 0.6 is 0 Å². The predicted molar refractivity (Wildman–Crippen MR) is 66.3 cm³/mol. The SMILES string of the molecule is CCC1CCC(C(=O)O)C(CCC(C)C)C1. The second kappa shape index (κ2) is 6.27. The minimum absolute atomic E-state index is 0.0680. The van der Waals surface area contributed by atoms with Crippen LogP contribution in [-0.2, 0) is 4.79 Å². The van der Waals surface area contributed by atoms with Gasteiger partial charge in [0.15, 0.2) is 0 Å². The highest BCUT2D eigenvalue weighted by Crippen LogP contribution is 2.38. The number of carbonyl (C=O) groups is 1. The van der Waals surface area contributed by atoms with Crippen LogP contribution in [0.3, 0.4) is 0 Å². The van der Waals surface area contributed by atoms with Crippen molar-refractivity contribution in [1.82, 2.24) is 0 Å². The molecule has 2 heteroatoms. The van der Waals surface area contributed by atoms with E-state index in [0.29, 0.717) is 11.8 Å². The Bertz CT molecular complexity index is 223. The van der Waals surface area contributed by atoms with Crippen molar-refractivity contribution in [3.8, 4) is 0 Å². The quantitative estimate of drug-likeness (QED) is 0.770. The van der Waals surface area contributed by atoms with Crippen LogP contribution < -0.4 is 0 Å². The van der Waals surface area contributed by atoms with Gasteiger partial charge in [-0.25, -0.2) is 0 Å². The summed E-state index contributed by atoms with van der Waals surface area (Å²) in [6.07, 6.45) is 6.64. The first kappa shape index (κ1) is 13.5. The zero-order chi connectivity index (χ0) is 12.1. The number of hydrogen-bond donors (Lipinski definition) is 1. The van der Waals surface area contributed by atoms with Crippen molar-refractivity contribution in [1.29, 1.82) is 0 Å². The van der Waals surface area contributed by atoms with Gasteiger partial charge >= 0.3 is 5.97 Å². The molecule has 1 fully saturated rings. The van der Waals surface area contributed by atoms with E-state index in [1.807, 2.05) is 0 Å². The fraction of sp³-hybridized carbons (Fsp3) is 0.929. The van der Waals surface area contributed by atoms with Crippen LogP contribution in [0.5, 0.6) is 0 Å². The van der Waals surface area contributed by atoms with E-state index in [4.69, 9.17) is 0 Å². The Morgan fingerprint density at radius 2 is 2.06 bits per heavy atom. The first-order chi connectivity index (χ1) is 7.54. The molecule has 1 N–H and O–H groups in total. The summed E-state index contributed by atoms with van der Waals surface area (Å²) in [4.78, 5) is 11.2. The first-order valence-corrected chi connectivity index (χ1v) is 6.77. The third-order valence-electron chi connectivity index (χ3n) is 4.10. The summed E-state index contributed by atoms with van der Waals surface area (Å²) in [6, 6.07) is 0. The molecule has 0 saturated heterocycles. The van der Waals surface area contributed by atoms with E-state index >= 15 is 0 Å². The van der Waals surface area contributed by atoms with Crippen molar-refractivity contribution >= 4 is 5.97 Å². The monoisotopic (exact) mass is 226 g/mol. The Kier molecular flexibility index (Phi) is 5.30. The Hall–Kier alpha value is -0.530. The summed E-state index contributed by atoms with van der Waals surface area (Å²) in [7, 11) is 0. The van der Waals surface area contributed by atoms with Crippen LogP contribution in [0.1, 0.15) is 59.3 Å². The molecule has 0 aliphatic heterocycles. The standard InChI is InChI=1S/C14H26O2/c1-4-11-6-8-13(14(15)16)12(9-11)7-5-10(2)3/h10-13H,4-9H2,1-3H3,(H,15,16). The van der Waals surface area contributed by atoms with Gasteiger partial charge in [-0.15, -0.1) is 0 Å². The zero-order valence-corrected chi connectivity index (χ0v) is 10.9. The lowest BCUT2D eigenvalue weighted by Gasteiger charge is -2.34. The molecule has 0 amide bonds. The van der Waals surface area contributed by atoms with E-state index in [2.05, 4.69) is 20.8 Å². The molecular formula is C14H26O2. The van der Waals surface area contributed by atoms with E-state index in [1.54, 1.807) is 0 Å². The summed E-state index contributed by atoms with van der Waals surface area (Å²) in [5, 5.41) is 9.23. The highest BCUT2D eigenvalue weighted by Gasteiger charge is 2.33. The van der Waals surface area contributed by atoms with Crippen molar-refractivity contribution in [2.75, 3.05) is 0 Å². The Morgan fingerprint density at radius 1 is 1.38 bits per heavy atom. The molecule has 0 aromatic carbocycles. The number of hydrogen-bond acceptors (Lipinski definition) is 1. The van der Waals surface area contributed by atoms with E-state index in [1.165, 1.54) is 12.8 Å². The van der Waals surface area contributed by atoms with Gasteiger partial charge in [-0.2, -0.15) is 0 Å². The maximum atomic E-state index is 11.2. The molecule has 3 atom stereocenters. The third-order valence-corrected chi connectivity index (χ3v) is 4.10. The second-order valence-corrected chi connectivity index (χ2v) is 5.76. The molecule has 1 aliphatic rings. The van der Waals surface area contributed by atoms with Gasteiger partial charge in [0.1, 0.15) is 0 Å². The van der Waals surface area contributed by atoms with Gasteiger partial charge in [0.2, 0.25) is 0 Å². The minimum Gasteiger partial charge on any atom is -0.481 e. The van der Waals surface area contributed by atoms with Gasteiger partial charge in [0, 0.05) is 0 Å². The Labute approximate surface area is 99.4 Å². The normalized spacial score (nSPS) is 30.6. The highest BCUT2D eigenvalue weighted by atomic mass is 16.4. The summed E-state index contributed by atoms with van der Waals surface area (Å²) in [5.41, 5.74) is 0. The minimum atomic E-state index is -0.566. The lowest BCUT2D eigenvalue weighted by molar-refractivity contribution is -0.145.